The van der Waals surface area contributed by atoms with Crippen LogP contribution < -0.4 is 5.73 Å². The van der Waals surface area contributed by atoms with E-state index in [1.807, 2.05) is 0 Å². The lowest BCUT2D eigenvalue weighted by molar-refractivity contribution is -0.149. The van der Waals surface area contributed by atoms with Gasteiger partial charge in [-0.25, -0.2) is 4.79 Å². The van der Waals surface area contributed by atoms with E-state index in [4.69, 9.17) is 33.7 Å². The maximum atomic E-state index is 11.7. The van der Waals surface area contributed by atoms with E-state index in [1.54, 1.807) is 32.0 Å². The summed E-state index contributed by atoms with van der Waals surface area (Å²) < 4.78 is 4.89. The van der Waals surface area contributed by atoms with Crippen LogP contribution >= 0.6 is 23.2 Å². The van der Waals surface area contributed by atoms with Crippen molar-refractivity contribution in [2.45, 2.75) is 19.4 Å². The van der Waals surface area contributed by atoms with Crippen LogP contribution in [0.5, 0.6) is 0 Å². The SMILES string of the molecule is CCOC(=O)C(C)(N)c1cc(Cl)cc(Cl)c1. The van der Waals surface area contributed by atoms with Crippen LogP contribution in [0.2, 0.25) is 10.0 Å². The highest BCUT2D eigenvalue weighted by atomic mass is 35.5. The van der Waals surface area contributed by atoms with Crippen LogP contribution in [0.1, 0.15) is 19.4 Å². The third-order valence-electron chi connectivity index (χ3n) is 2.16. The molecule has 0 aliphatic rings. The van der Waals surface area contributed by atoms with Gasteiger partial charge in [-0.2, -0.15) is 0 Å². The first-order valence-electron chi connectivity index (χ1n) is 4.80. The second-order valence-electron chi connectivity index (χ2n) is 3.58. The zero-order valence-corrected chi connectivity index (χ0v) is 10.6. The summed E-state index contributed by atoms with van der Waals surface area (Å²) in [5.41, 5.74) is 5.20. The highest BCUT2D eigenvalue weighted by molar-refractivity contribution is 6.34. The van der Waals surface area contributed by atoms with E-state index in [9.17, 15) is 4.79 Å². The summed E-state index contributed by atoms with van der Waals surface area (Å²) >= 11 is 11.7. The molecule has 5 heteroatoms. The molecule has 0 aliphatic carbocycles. The molecule has 0 heterocycles. The molecule has 2 N–H and O–H groups in total. The second kappa shape index (κ2) is 5.04. The van der Waals surface area contributed by atoms with Crippen LogP contribution in [0.15, 0.2) is 18.2 Å². The van der Waals surface area contributed by atoms with Gasteiger partial charge in [0.2, 0.25) is 0 Å². The van der Waals surface area contributed by atoms with Crippen LogP contribution in [-0.2, 0) is 15.1 Å². The van der Waals surface area contributed by atoms with Crippen molar-refractivity contribution in [2.75, 3.05) is 6.61 Å². The fraction of sp³-hybridized carbons (Fsp3) is 0.364. The highest BCUT2D eigenvalue weighted by Gasteiger charge is 2.32. The molecule has 0 aliphatic heterocycles. The molecule has 16 heavy (non-hydrogen) atoms. The molecule has 0 saturated carbocycles. The minimum absolute atomic E-state index is 0.278. The fourth-order valence-electron chi connectivity index (χ4n) is 1.25. The van der Waals surface area contributed by atoms with Gasteiger partial charge < -0.3 is 10.5 Å². The molecule has 0 spiro atoms. The second-order valence-corrected chi connectivity index (χ2v) is 4.45. The molecule has 0 amide bonds. The molecule has 1 atom stereocenters. The van der Waals surface area contributed by atoms with Crippen LogP contribution in [0.3, 0.4) is 0 Å². The van der Waals surface area contributed by atoms with Gasteiger partial charge in [0.05, 0.1) is 6.61 Å². The summed E-state index contributed by atoms with van der Waals surface area (Å²) in [6, 6.07) is 4.78. The van der Waals surface area contributed by atoms with Crippen molar-refractivity contribution in [3.05, 3.63) is 33.8 Å². The average Bonchev–Trinajstić information content (AvgIpc) is 2.16. The van der Waals surface area contributed by atoms with Gasteiger partial charge in [0.1, 0.15) is 5.54 Å². The van der Waals surface area contributed by atoms with E-state index in [0.717, 1.165) is 0 Å². The Hall–Kier alpha value is -0.770. The molecular formula is C11H13Cl2NO2. The van der Waals surface area contributed by atoms with E-state index in [-0.39, 0.29) is 6.61 Å². The Kier molecular flexibility index (Phi) is 4.19. The largest absolute Gasteiger partial charge is 0.464 e. The normalized spacial score (nSPS) is 14.3. The molecule has 0 bridgehead atoms. The smallest absolute Gasteiger partial charge is 0.330 e. The number of nitrogens with two attached hydrogens (primary N) is 1. The standard InChI is InChI=1S/C11H13Cl2NO2/c1-3-16-10(15)11(2,14)7-4-8(12)6-9(13)5-7/h4-6H,3,14H2,1-2H3. The molecule has 0 fully saturated rings. The molecule has 88 valence electrons. The van der Waals surface area contributed by atoms with Gasteiger partial charge in [-0.1, -0.05) is 23.2 Å². The number of esters is 1. The summed E-state index contributed by atoms with van der Waals surface area (Å²) in [4.78, 5) is 11.7. The zero-order chi connectivity index (χ0) is 12.3. The average molecular weight is 262 g/mol. The summed E-state index contributed by atoms with van der Waals surface area (Å²) in [7, 11) is 0. The molecule has 1 unspecified atom stereocenters. The first-order chi connectivity index (χ1) is 7.37. The van der Waals surface area contributed by atoms with Crippen molar-refractivity contribution in [3.8, 4) is 0 Å². The van der Waals surface area contributed by atoms with Gasteiger partial charge >= 0.3 is 5.97 Å². The molecule has 0 aromatic heterocycles. The van der Waals surface area contributed by atoms with Crippen molar-refractivity contribution in [1.82, 2.24) is 0 Å². The van der Waals surface area contributed by atoms with Gasteiger partial charge in [-0.15, -0.1) is 0 Å². The van der Waals surface area contributed by atoms with Crippen molar-refractivity contribution in [3.63, 3.8) is 0 Å². The number of carbonyl (C=O) groups is 1. The third kappa shape index (κ3) is 2.88. The van der Waals surface area contributed by atoms with Crippen molar-refractivity contribution in [1.29, 1.82) is 0 Å². The molecule has 0 saturated heterocycles. The van der Waals surface area contributed by atoms with E-state index < -0.39 is 11.5 Å². The Balaban J connectivity index is 3.10. The Morgan fingerprint density at radius 2 is 1.88 bits per heavy atom. The number of ether oxygens (including phenoxy) is 1. The number of halogens is 2. The zero-order valence-electron chi connectivity index (χ0n) is 9.09. The van der Waals surface area contributed by atoms with Gasteiger partial charge in [0.15, 0.2) is 0 Å². The maximum Gasteiger partial charge on any atom is 0.330 e. The number of rotatable bonds is 3. The van der Waals surface area contributed by atoms with E-state index >= 15 is 0 Å². The summed E-state index contributed by atoms with van der Waals surface area (Å²) in [6.07, 6.45) is 0. The molecular weight excluding hydrogens is 249 g/mol. The number of benzene rings is 1. The Morgan fingerprint density at radius 3 is 2.31 bits per heavy atom. The lowest BCUT2D eigenvalue weighted by Gasteiger charge is -2.23. The van der Waals surface area contributed by atoms with E-state index in [0.29, 0.717) is 15.6 Å². The lowest BCUT2D eigenvalue weighted by Crippen LogP contribution is -2.43. The molecule has 3 nitrogen and oxygen atoms in total. The predicted octanol–water partition coefficient (Wildman–Crippen LogP) is 2.73. The van der Waals surface area contributed by atoms with Gasteiger partial charge in [0, 0.05) is 10.0 Å². The van der Waals surface area contributed by atoms with E-state index in [2.05, 4.69) is 0 Å². The molecule has 1 aromatic carbocycles. The first-order valence-corrected chi connectivity index (χ1v) is 5.56. The molecule has 1 aromatic rings. The Bertz CT molecular complexity index is 385. The summed E-state index contributed by atoms with van der Waals surface area (Å²) in [5.74, 6) is -0.506. The fourth-order valence-corrected chi connectivity index (χ4v) is 1.78. The monoisotopic (exact) mass is 261 g/mol. The quantitative estimate of drug-likeness (QED) is 0.852. The number of hydrogen-bond acceptors (Lipinski definition) is 3. The number of hydrogen-bond donors (Lipinski definition) is 1. The van der Waals surface area contributed by atoms with Gasteiger partial charge in [-0.3, -0.25) is 0 Å². The first kappa shape index (κ1) is 13.3. The van der Waals surface area contributed by atoms with E-state index in [1.165, 1.54) is 0 Å². The Morgan fingerprint density at radius 1 is 1.38 bits per heavy atom. The van der Waals surface area contributed by atoms with Gasteiger partial charge in [-0.05, 0) is 37.6 Å². The van der Waals surface area contributed by atoms with Crippen LogP contribution in [0, 0.1) is 0 Å². The minimum atomic E-state index is -1.25. The Labute approximate surface area is 104 Å². The minimum Gasteiger partial charge on any atom is -0.464 e. The number of carbonyl (C=O) groups excluding carboxylic acids is 1. The molecule has 1 rings (SSSR count). The topological polar surface area (TPSA) is 52.3 Å². The van der Waals surface area contributed by atoms with Crippen LogP contribution in [-0.4, -0.2) is 12.6 Å². The van der Waals surface area contributed by atoms with Crippen molar-refractivity contribution in [2.24, 2.45) is 5.73 Å². The van der Waals surface area contributed by atoms with Crippen molar-refractivity contribution < 1.29 is 9.53 Å². The lowest BCUT2D eigenvalue weighted by atomic mass is 9.93. The van der Waals surface area contributed by atoms with Crippen LogP contribution in [0.25, 0.3) is 0 Å². The van der Waals surface area contributed by atoms with Gasteiger partial charge in [0.25, 0.3) is 0 Å². The predicted molar refractivity (Wildman–Crippen MR) is 64.6 cm³/mol. The summed E-state index contributed by atoms with van der Waals surface area (Å²) in [6.45, 7) is 3.56. The maximum absolute atomic E-state index is 11.7. The molecule has 0 radical (unpaired) electrons. The summed E-state index contributed by atoms with van der Waals surface area (Å²) in [5, 5.41) is 0.868. The van der Waals surface area contributed by atoms with Crippen molar-refractivity contribution >= 4 is 29.2 Å². The highest BCUT2D eigenvalue weighted by Crippen LogP contribution is 2.26. The third-order valence-corrected chi connectivity index (χ3v) is 2.60. The van der Waals surface area contributed by atoms with Crippen LogP contribution in [0.4, 0.5) is 0 Å².